The zero-order valence-corrected chi connectivity index (χ0v) is 5.78. The van der Waals surface area contributed by atoms with Crippen LogP contribution in [0, 0.1) is 0 Å². The van der Waals surface area contributed by atoms with E-state index in [2.05, 4.69) is 5.32 Å². The molecule has 0 saturated heterocycles. The average molecular weight is 138 g/mol. The lowest BCUT2D eigenvalue weighted by atomic mass is 10.4. The summed E-state index contributed by atoms with van der Waals surface area (Å²) in [7, 11) is 0. The molecule has 0 aromatic rings. The second-order valence-corrected chi connectivity index (χ2v) is 1.92. The molecule has 0 aromatic heterocycles. The van der Waals surface area contributed by atoms with Crippen LogP contribution in [0.1, 0.15) is 6.92 Å². The first kappa shape index (κ1) is 8.21. The van der Waals surface area contributed by atoms with Gasteiger partial charge in [-0.1, -0.05) is 6.92 Å². The van der Waals surface area contributed by atoms with E-state index in [-0.39, 0.29) is 0 Å². The summed E-state index contributed by atoms with van der Waals surface area (Å²) >= 11 is 5.30. The van der Waals surface area contributed by atoms with Crippen LogP contribution in [0.4, 0.5) is 0 Å². The molecule has 0 fully saturated rings. The van der Waals surface area contributed by atoms with Crippen LogP contribution in [0.2, 0.25) is 0 Å². The number of alkyl halides is 1. The molecule has 8 heavy (non-hydrogen) atoms. The summed E-state index contributed by atoms with van der Waals surface area (Å²) in [5.41, 5.74) is 0. The zero-order valence-electron chi connectivity index (χ0n) is 5.02. The third-order valence-corrected chi connectivity index (χ3v) is 1.16. The Morgan fingerprint density at radius 3 is 2.75 bits per heavy atom. The number of nitrogens with one attached hydrogen (secondary N) is 1. The third-order valence-electron chi connectivity index (χ3n) is 0.808. The summed E-state index contributed by atoms with van der Waals surface area (Å²) in [5.74, 6) is 0.312. The maximum atomic E-state index is 8.79. The molecule has 2 nitrogen and oxygen atoms in total. The SMILES string of the molecule is CCNC[C@H](O)CCl. The van der Waals surface area contributed by atoms with Gasteiger partial charge < -0.3 is 10.4 Å². The predicted molar refractivity (Wildman–Crippen MR) is 35.3 cm³/mol. The highest BCUT2D eigenvalue weighted by molar-refractivity contribution is 6.18. The van der Waals surface area contributed by atoms with Gasteiger partial charge in [0.2, 0.25) is 0 Å². The minimum absolute atomic E-state index is 0.312. The van der Waals surface area contributed by atoms with Crippen LogP contribution in [0.3, 0.4) is 0 Å². The van der Waals surface area contributed by atoms with Crippen LogP contribution in [-0.2, 0) is 0 Å². The van der Waals surface area contributed by atoms with Crippen molar-refractivity contribution in [3.8, 4) is 0 Å². The number of halogens is 1. The predicted octanol–water partition coefficient (Wildman–Crippen LogP) is 0.196. The van der Waals surface area contributed by atoms with Gasteiger partial charge in [-0.05, 0) is 6.54 Å². The van der Waals surface area contributed by atoms with Crippen LogP contribution >= 0.6 is 11.6 Å². The second kappa shape index (κ2) is 5.35. The molecule has 1 atom stereocenters. The monoisotopic (exact) mass is 137 g/mol. The Kier molecular flexibility index (Phi) is 5.49. The van der Waals surface area contributed by atoms with Crippen molar-refractivity contribution in [2.75, 3.05) is 19.0 Å². The normalized spacial score (nSPS) is 13.9. The van der Waals surface area contributed by atoms with E-state index in [1.54, 1.807) is 0 Å². The minimum Gasteiger partial charge on any atom is -0.391 e. The Morgan fingerprint density at radius 1 is 1.75 bits per heavy atom. The maximum Gasteiger partial charge on any atom is 0.0799 e. The standard InChI is InChI=1S/C5H12ClNO/c1-2-7-4-5(8)3-6/h5,7-8H,2-4H2,1H3/t5-/m1/s1. The Morgan fingerprint density at radius 2 is 2.38 bits per heavy atom. The van der Waals surface area contributed by atoms with Crippen LogP contribution in [-0.4, -0.2) is 30.2 Å². The first-order chi connectivity index (χ1) is 3.81. The van der Waals surface area contributed by atoms with Crippen molar-refractivity contribution in [3.63, 3.8) is 0 Å². The van der Waals surface area contributed by atoms with E-state index in [0.29, 0.717) is 12.4 Å². The molecule has 0 amide bonds. The van der Waals surface area contributed by atoms with Crippen molar-refractivity contribution in [3.05, 3.63) is 0 Å². The summed E-state index contributed by atoms with van der Waals surface area (Å²) in [6.45, 7) is 3.47. The van der Waals surface area contributed by atoms with Crippen molar-refractivity contribution in [1.82, 2.24) is 5.32 Å². The van der Waals surface area contributed by atoms with Crippen molar-refractivity contribution in [1.29, 1.82) is 0 Å². The molecule has 0 aliphatic rings. The van der Waals surface area contributed by atoms with E-state index in [4.69, 9.17) is 16.7 Å². The average Bonchev–Trinajstić information content (AvgIpc) is 1.83. The molecule has 0 saturated carbocycles. The quantitative estimate of drug-likeness (QED) is 0.543. The molecule has 0 aliphatic heterocycles. The Balaban J connectivity index is 2.86. The molecule has 0 unspecified atom stereocenters. The highest BCUT2D eigenvalue weighted by atomic mass is 35.5. The molecule has 0 aliphatic carbocycles. The van der Waals surface area contributed by atoms with Gasteiger partial charge in [-0.2, -0.15) is 0 Å². The fraction of sp³-hybridized carbons (Fsp3) is 1.00. The first-order valence-electron chi connectivity index (χ1n) is 2.76. The summed E-state index contributed by atoms with van der Waals surface area (Å²) < 4.78 is 0. The second-order valence-electron chi connectivity index (χ2n) is 1.62. The lowest BCUT2D eigenvalue weighted by Gasteiger charge is -2.04. The van der Waals surface area contributed by atoms with Crippen LogP contribution < -0.4 is 5.32 Å². The van der Waals surface area contributed by atoms with Gasteiger partial charge in [0, 0.05) is 12.4 Å². The molecule has 0 aromatic carbocycles. The van der Waals surface area contributed by atoms with Gasteiger partial charge >= 0.3 is 0 Å². The Hall–Kier alpha value is 0.210. The summed E-state index contributed by atoms with van der Waals surface area (Å²) in [6, 6.07) is 0. The van der Waals surface area contributed by atoms with Gasteiger partial charge in [0.25, 0.3) is 0 Å². The maximum absolute atomic E-state index is 8.79. The molecule has 0 radical (unpaired) electrons. The third kappa shape index (κ3) is 4.37. The fourth-order valence-corrected chi connectivity index (χ4v) is 0.475. The van der Waals surface area contributed by atoms with Crippen LogP contribution in [0.15, 0.2) is 0 Å². The van der Waals surface area contributed by atoms with Gasteiger partial charge in [0.1, 0.15) is 0 Å². The molecule has 50 valence electrons. The molecule has 0 heterocycles. The largest absolute Gasteiger partial charge is 0.391 e. The van der Waals surface area contributed by atoms with Crippen LogP contribution in [0.25, 0.3) is 0 Å². The number of hydrogen-bond acceptors (Lipinski definition) is 2. The lowest BCUT2D eigenvalue weighted by molar-refractivity contribution is 0.195. The smallest absolute Gasteiger partial charge is 0.0799 e. The van der Waals surface area contributed by atoms with E-state index < -0.39 is 6.10 Å². The molecule has 0 rings (SSSR count). The molecule has 3 heteroatoms. The number of hydrogen-bond donors (Lipinski definition) is 2. The van der Waals surface area contributed by atoms with E-state index in [1.807, 2.05) is 6.92 Å². The molecular formula is C5H12ClNO. The lowest BCUT2D eigenvalue weighted by Crippen LogP contribution is -2.27. The van der Waals surface area contributed by atoms with Gasteiger partial charge in [-0.25, -0.2) is 0 Å². The number of likely N-dealkylation sites (N-methyl/N-ethyl adjacent to an activating group) is 1. The van der Waals surface area contributed by atoms with Crippen molar-refractivity contribution < 1.29 is 5.11 Å². The van der Waals surface area contributed by atoms with Gasteiger partial charge in [0.05, 0.1) is 6.10 Å². The van der Waals surface area contributed by atoms with Crippen LogP contribution in [0.5, 0.6) is 0 Å². The van der Waals surface area contributed by atoms with E-state index >= 15 is 0 Å². The van der Waals surface area contributed by atoms with Crippen molar-refractivity contribution >= 4 is 11.6 Å². The van der Waals surface area contributed by atoms with E-state index in [0.717, 1.165) is 6.54 Å². The van der Waals surface area contributed by atoms with E-state index in [1.165, 1.54) is 0 Å². The number of aliphatic hydroxyl groups is 1. The van der Waals surface area contributed by atoms with Crippen molar-refractivity contribution in [2.24, 2.45) is 0 Å². The number of aliphatic hydroxyl groups excluding tert-OH is 1. The molecule has 0 bridgehead atoms. The van der Waals surface area contributed by atoms with Gasteiger partial charge in [0.15, 0.2) is 0 Å². The van der Waals surface area contributed by atoms with Gasteiger partial charge in [-0.15, -0.1) is 11.6 Å². The first-order valence-corrected chi connectivity index (χ1v) is 3.29. The van der Waals surface area contributed by atoms with Crippen molar-refractivity contribution in [2.45, 2.75) is 13.0 Å². The zero-order chi connectivity index (χ0) is 6.41. The molecular weight excluding hydrogens is 126 g/mol. The summed E-state index contributed by atoms with van der Waals surface area (Å²) in [5, 5.41) is 11.8. The molecule has 0 spiro atoms. The highest BCUT2D eigenvalue weighted by Gasteiger charge is 1.97. The Labute approximate surface area is 54.8 Å². The summed E-state index contributed by atoms with van der Waals surface area (Å²) in [4.78, 5) is 0. The highest BCUT2D eigenvalue weighted by Crippen LogP contribution is 1.82. The summed E-state index contributed by atoms with van der Waals surface area (Å²) in [6.07, 6.45) is -0.392. The Bertz CT molecular complexity index is 51.7. The minimum atomic E-state index is -0.392. The fourth-order valence-electron chi connectivity index (χ4n) is 0.366. The van der Waals surface area contributed by atoms with Gasteiger partial charge in [-0.3, -0.25) is 0 Å². The topological polar surface area (TPSA) is 32.3 Å². The number of rotatable bonds is 4. The van der Waals surface area contributed by atoms with E-state index in [9.17, 15) is 0 Å². The molecule has 2 N–H and O–H groups in total.